The summed E-state index contributed by atoms with van der Waals surface area (Å²) < 4.78 is 0. The lowest BCUT2D eigenvalue weighted by molar-refractivity contribution is 0.283. The van der Waals surface area contributed by atoms with Gasteiger partial charge in [0.25, 0.3) is 0 Å². The quantitative estimate of drug-likeness (QED) is 0.726. The predicted octanol–water partition coefficient (Wildman–Crippen LogP) is 1.99. The second-order valence-electron chi connectivity index (χ2n) is 3.85. The molecule has 0 fully saturated rings. The first kappa shape index (κ1) is 12.0. The van der Waals surface area contributed by atoms with E-state index < -0.39 is 0 Å². The van der Waals surface area contributed by atoms with E-state index in [0.717, 1.165) is 31.6 Å². The Labute approximate surface area is 91.8 Å². The fourth-order valence-electron chi connectivity index (χ4n) is 1.62. The number of unbranched alkanes of at least 4 members (excludes halogenated alkanes) is 2. The Hall–Kier alpha value is -1.09. The summed E-state index contributed by atoms with van der Waals surface area (Å²) >= 11 is 0. The Morgan fingerprint density at radius 2 is 2.13 bits per heavy atom. The lowest BCUT2D eigenvalue weighted by atomic mass is 10.2. The molecule has 0 saturated heterocycles. The van der Waals surface area contributed by atoms with Crippen LogP contribution in [0.1, 0.15) is 24.8 Å². The standard InChI is InChI=1S/C12H20N2O/c1-11-7-6-8-13-12(11)14(2)9-4-3-5-10-15/h6-8,15H,3-5,9-10H2,1-2H3. The average molecular weight is 208 g/mol. The van der Waals surface area contributed by atoms with Gasteiger partial charge < -0.3 is 10.0 Å². The largest absolute Gasteiger partial charge is 0.396 e. The van der Waals surface area contributed by atoms with Gasteiger partial charge in [-0.05, 0) is 37.8 Å². The van der Waals surface area contributed by atoms with Crippen molar-refractivity contribution in [3.63, 3.8) is 0 Å². The van der Waals surface area contributed by atoms with Crippen molar-refractivity contribution < 1.29 is 5.11 Å². The highest BCUT2D eigenvalue weighted by Crippen LogP contribution is 2.14. The summed E-state index contributed by atoms with van der Waals surface area (Å²) in [6, 6.07) is 4.03. The third-order valence-corrected chi connectivity index (χ3v) is 2.50. The van der Waals surface area contributed by atoms with Gasteiger partial charge >= 0.3 is 0 Å². The molecule has 0 bridgehead atoms. The van der Waals surface area contributed by atoms with E-state index >= 15 is 0 Å². The molecule has 1 rings (SSSR count). The SMILES string of the molecule is Cc1cccnc1N(C)CCCCCO. The van der Waals surface area contributed by atoms with Crippen molar-refractivity contribution >= 4 is 5.82 Å². The zero-order valence-electron chi connectivity index (χ0n) is 9.61. The van der Waals surface area contributed by atoms with E-state index in [-0.39, 0.29) is 0 Å². The molecule has 0 unspecified atom stereocenters. The maximum absolute atomic E-state index is 8.67. The van der Waals surface area contributed by atoms with Gasteiger partial charge in [-0.3, -0.25) is 0 Å². The molecular formula is C12H20N2O. The highest BCUT2D eigenvalue weighted by Gasteiger charge is 2.04. The summed E-state index contributed by atoms with van der Waals surface area (Å²) in [5, 5.41) is 8.67. The van der Waals surface area contributed by atoms with Crippen LogP contribution in [0, 0.1) is 6.92 Å². The van der Waals surface area contributed by atoms with Crippen LogP contribution in [0.25, 0.3) is 0 Å². The van der Waals surface area contributed by atoms with Crippen molar-refractivity contribution in [3.8, 4) is 0 Å². The number of aliphatic hydroxyl groups is 1. The van der Waals surface area contributed by atoms with Crippen LogP contribution in [0.4, 0.5) is 5.82 Å². The first-order chi connectivity index (χ1) is 7.25. The first-order valence-corrected chi connectivity index (χ1v) is 5.49. The number of aromatic nitrogens is 1. The zero-order valence-corrected chi connectivity index (χ0v) is 9.61. The Balaban J connectivity index is 2.40. The minimum atomic E-state index is 0.298. The van der Waals surface area contributed by atoms with Gasteiger partial charge in [-0.15, -0.1) is 0 Å². The highest BCUT2D eigenvalue weighted by atomic mass is 16.2. The third kappa shape index (κ3) is 3.88. The number of rotatable bonds is 6. The fourth-order valence-corrected chi connectivity index (χ4v) is 1.62. The smallest absolute Gasteiger partial charge is 0.131 e. The normalized spacial score (nSPS) is 10.3. The second-order valence-corrected chi connectivity index (χ2v) is 3.85. The lowest BCUT2D eigenvalue weighted by Crippen LogP contribution is -2.20. The number of anilines is 1. The molecule has 1 aromatic rings. The van der Waals surface area contributed by atoms with Crippen molar-refractivity contribution in [2.24, 2.45) is 0 Å². The Bertz CT molecular complexity index is 289. The van der Waals surface area contributed by atoms with Crippen LogP contribution in [0.15, 0.2) is 18.3 Å². The van der Waals surface area contributed by atoms with E-state index in [0.29, 0.717) is 6.61 Å². The molecule has 0 amide bonds. The van der Waals surface area contributed by atoms with Gasteiger partial charge in [0.15, 0.2) is 0 Å². The number of hydrogen-bond donors (Lipinski definition) is 1. The zero-order chi connectivity index (χ0) is 11.1. The van der Waals surface area contributed by atoms with Crippen LogP contribution in [-0.4, -0.2) is 30.3 Å². The number of pyridine rings is 1. The molecule has 15 heavy (non-hydrogen) atoms. The van der Waals surface area contributed by atoms with Crippen molar-refractivity contribution in [1.29, 1.82) is 0 Å². The fraction of sp³-hybridized carbons (Fsp3) is 0.583. The summed E-state index contributed by atoms with van der Waals surface area (Å²) in [5.74, 6) is 1.06. The molecular weight excluding hydrogens is 188 g/mol. The Morgan fingerprint density at radius 1 is 1.33 bits per heavy atom. The molecule has 1 aromatic heterocycles. The minimum absolute atomic E-state index is 0.298. The van der Waals surface area contributed by atoms with Crippen LogP contribution < -0.4 is 4.90 Å². The molecule has 1 N–H and O–H groups in total. The molecule has 3 heteroatoms. The number of hydrogen-bond acceptors (Lipinski definition) is 3. The van der Waals surface area contributed by atoms with Crippen molar-refractivity contribution in [2.75, 3.05) is 25.1 Å². The van der Waals surface area contributed by atoms with E-state index in [1.165, 1.54) is 5.56 Å². The predicted molar refractivity (Wildman–Crippen MR) is 63.2 cm³/mol. The monoisotopic (exact) mass is 208 g/mol. The minimum Gasteiger partial charge on any atom is -0.396 e. The van der Waals surface area contributed by atoms with Crippen LogP contribution in [0.2, 0.25) is 0 Å². The third-order valence-electron chi connectivity index (χ3n) is 2.50. The molecule has 0 atom stereocenters. The molecule has 0 aliphatic carbocycles. The number of aryl methyl sites for hydroxylation is 1. The Morgan fingerprint density at radius 3 is 2.80 bits per heavy atom. The average Bonchev–Trinajstić information content (AvgIpc) is 2.25. The van der Waals surface area contributed by atoms with Crippen molar-refractivity contribution in [1.82, 2.24) is 4.98 Å². The van der Waals surface area contributed by atoms with Gasteiger partial charge in [0.05, 0.1) is 0 Å². The van der Waals surface area contributed by atoms with Crippen LogP contribution in [-0.2, 0) is 0 Å². The number of nitrogens with zero attached hydrogens (tertiary/aromatic N) is 2. The molecule has 0 aromatic carbocycles. The summed E-state index contributed by atoms with van der Waals surface area (Å²) in [7, 11) is 2.06. The van der Waals surface area contributed by atoms with Gasteiger partial charge in [-0.2, -0.15) is 0 Å². The number of aliphatic hydroxyl groups excluding tert-OH is 1. The summed E-state index contributed by atoms with van der Waals surface area (Å²) in [4.78, 5) is 6.53. The lowest BCUT2D eigenvalue weighted by Gasteiger charge is -2.19. The van der Waals surface area contributed by atoms with Crippen LogP contribution in [0.5, 0.6) is 0 Å². The topological polar surface area (TPSA) is 36.4 Å². The molecule has 0 aliphatic heterocycles. The van der Waals surface area contributed by atoms with E-state index in [1.54, 1.807) is 0 Å². The summed E-state index contributed by atoms with van der Waals surface area (Å²) in [6.45, 7) is 3.37. The molecule has 3 nitrogen and oxygen atoms in total. The Kier molecular flexibility index (Phi) is 5.12. The molecule has 1 heterocycles. The molecule has 0 aliphatic rings. The van der Waals surface area contributed by atoms with E-state index in [2.05, 4.69) is 29.9 Å². The van der Waals surface area contributed by atoms with Crippen LogP contribution in [0.3, 0.4) is 0 Å². The van der Waals surface area contributed by atoms with E-state index in [1.807, 2.05) is 12.3 Å². The van der Waals surface area contributed by atoms with Crippen LogP contribution >= 0.6 is 0 Å². The maximum Gasteiger partial charge on any atom is 0.131 e. The van der Waals surface area contributed by atoms with Crippen molar-refractivity contribution in [3.05, 3.63) is 23.9 Å². The molecule has 84 valence electrons. The summed E-state index contributed by atoms with van der Waals surface area (Å²) in [6.07, 6.45) is 4.90. The molecule has 0 radical (unpaired) electrons. The van der Waals surface area contributed by atoms with Gasteiger partial charge in [0.1, 0.15) is 5.82 Å². The van der Waals surface area contributed by atoms with E-state index in [9.17, 15) is 0 Å². The van der Waals surface area contributed by atoms with E-state index in [4.69, 9.17) is 5.11 Å². The first-order valence-electron chi connectivity index (χ1n) is 5.49. The highest BCUT2D eigenvalue weighted by molar-refractivity contribution is 5.44. The van der Waals surface area contributed by atoms with Crippen molar-refractivity contribution in [2.45, 2.75) is 26.2 Å². The van der Waals surface area contributed by atoms with Gasteiger partial charge in [0.2, 0.25) is 0 Å². The van der Waals surface area contributed by atoms with Gasteiger partial charge in [-0.25, -0.2) is 4.98 Å². The maximum atomic E-state index is 8.67. The van der Waals surface area contributed by atoms with Gasteiger partial charge in [-0.1, -0.05) is 6.07 Å². The molecule has 0 spiro atoms. The molecule has 0 saturated carbocycles. The van der Waals surface area contributed by atoms with Gasteiger partial charge in [0, 0.05) is 26.4 Å². The summed E-state index contributed by atoms with van der Waals surface area (Å²) in [5.41, 5.74) is 1.21. The second kappa shape index (κ2) is 6.40.